The molecule has 0 aromatic carbocycles. The Balaban J connectivity index is 1.85. The van der Waals surface area contributed by atoms with Gasteiger partial charge < -0.3 is 4.74 Å². The number of rotatable bonds is 2. The van der Waals surface area contributed by atoms with Crippen LogP contribution < -0.4 is 5.56 Å². The maximum absolute atomic E-state index is 12.5. The van der Waals surface area contributed by atoms with Crippen LogP contribution in [0.15, 0.2) is 29.5 Å². The van der Waals surface area contributed by atoms with E-state index in [1.165, 1.54) is 11.3 Å². The lowest BCUT2D eigenvalue weighted by molar-refractivity contribution is 0.0960. The smallest absolute Gasteiger partial charge is 0.271 e. The molecule has 1 aliphatic rings. The molecule has 20 heavy (non-hydrogen) atoms. The predicted molar refractivity (Wildman–Crippen MR) is 78.2 cm³/mol. The Kier molecular flexibility index (Phi) is 2.78. The molecule has 1 fully saturated rings. The van der Waals surface area contributed by atoms with Crippen molar-refractivity contribution in [3.05, 3.63) is 35.0 Å². The van der Waals surface area contributed by atoms with Crippen molar-refractivity contribution in [2.75, 3.05) is 6.61 Å². The van der Waals surface area contributed by atoms with Gasteiger partial charge in [0.1, 0.15) is 9.53 Å². The summed E-state index contributed by atoms with van der Waals surface area (Å²) in [4.78, 5) is 22.1. The first-order valence-corrected chi connectivity index (χ1v) is 7.49. The third kappa shape index (κ3) is 1.83. The standard InChI is InChI=1S/C14H13N3O2S/c18-14-12-11(10-4-1-5-15-13(10)20-12)16-8-17(14)7-9-3-2-6-19-9/h1,4-5,8-9H,2-3,6-7H2. The molecule has 102 valence electrons. The molecule has 0 bridgehead atoms. The zero-order valence-corrected chi connectivity index (χ0v) is 11.6. The van der Waals surface area contributed by atoms with E-state index in [1.54, 1.807) is 17.1 Å². The zero-order valence-electron chi connectivity index (χ0n) is 10.8. The normalized spacial score (nSPS) is 19.1. The molecule has 0 radical (unpaired) electrons. The molecule has 4 rings (SSSR count). The largest absolute Gasteiger partial charge is 0.376 e. The van der Waals surface area contributed by atoms with Crippen LogP contribution in [0.25, 0.3) is 20.4 Å². The number of nitrogens with zero attached hydrogens (tertiary/aromatic N) is 3. The molecule has 0 aliphatic carbocycles. The SMILES string of the molecule is O=c1c2sc3ncccc3c2ncn1CC1CCCO1. The van der Waals surface area contributed by atoms with Crippen LogP contribution in [0.5, 0.6) is 0 Å². The Labute approximate surface area is 118 Å². The summed E-state index contributed by atoms with van der Waals surface area (Å²) in [5, 5.41) is 0.953. The van der Waals surface area contributed by atoms with E-state index < -0.39 is 0 Å². The molecule has 0 N–H and O–H groups in total. The van der Waals surface area contributed by atoms with Gasteiger partial charge in [0.15, 0.2) is 0 Å². The number of thiophene rings is 1. The van der Waals surface area contributed by atoms with E-state index in [-0.39, 0.29) is 11.7 Å². The monoisotopic (exact) mass is 287 g/mol. The van der Waals surface area contributed by atoms with Crippen LogP contribution in [-0.2, 0) is 11.3 Å². The quantitative estimate of drug-likeness (QED) is 0.725. The van der Waals surface area contributed by atoms with Crippen molar-refractivity contribution in [2.24, 2.45) is 0 Å². The van der Waals surface area contributed by atoms with Crippen molar-refractivity contribution in [1.29, 1.82) is 0 Å². The lowest BCUT2D eigenvalue weighted by Gasteiger charge is -2.10. The van der Waals surface area contributed by atoms with E-state index in [2.05, 4.69) is 9.97 Å². The average Bonchev–Trinajstić information content (AvgIpc) is 3.09. The molecule has 1 atom stereocenters. The molecule has 0 saturated carbocycles. The van der Waals surface area contributed by atoms with Crippen molar-refractivity contribution in [2.45, 2.75) is 25.5 Å². The second-order valence-corrected chi connectivity index (χ2v) is 5.97. The fourth-order valence-electron chi connectivity index (χ4n) is 2.64. The fraction of sp³-hybridized carbons (Fsp3) is 0.357. The van der Waals surface area contributed by atoms with Gasteiger partial charge in [-0.15, -0.1) is 11.3 Å². The van der Waals surface area contributed by atoms with Gasteiger partial charge in [0.25, 0.3) is 5.56 Å². The summed E-state index contributed by atoms with van der Waals surface area (Å²) in [6.07, 6.45) is 5.59. The highest BCUT2D eigenvalue weighted by atomic mass is 32.1. The second kappa shape index (κ2) is 4.64. The average molecular weight is 287 g/mol. The molecule has 3 aromatic rings. The molecule has 3 aromatic heterocycles. The summed E-state index contributed by atoms with van der Waals surface area (Å²) < 4.78 is 7.93. The highest BCUT2D eigenvalue weighted by Crippen LogP contribution is 2.28. The number of hydrogen-bond acceptors (Lipinski definition) is 5. The van der Waals surface area contributed by atoms with Gasteiger partial charge in [-0.05, 0) is 25.0 Å². The molecule has 0 spiro atoms. The summed E-state index contributed by atoms with van der Waals surface area (Å²) in [6.45, 7) is 1.38. The van der Waals surface area contributed by atoms with Gasteiger partial charge in [0.2, 0.25) is 0 Å². The molecule has 0 amide bonds. The number of fused-ring (bicyclic) bond motifs is 3. The second-order valence-electron chi connectivity index (χ2n) is 4.97. The van der Waals surface area contributed by atoms with Gasteiger partial charge in [0.05, 0.1) is 24.5 Å². The summed E-state index contributed by atoms with van der Waals surface area (Å²) in [7, 11) is 0. The van der Waals surface area contributed by atoms with Crippen LogP contribution in [0.1, 0.15) is 12.8 Å². The topological polar surface area (TPSA) is 57.0 Å². The van der Waals surface area contributed by atoms with Crippen molar-refractivity contribution < 1.29 is 4.74 Å². The number of aromatic nitrogens is 3. The first-order chi connectivity index (χ1) is 9.83. The van der Waals surface area contributed by atoms with Crippen LogP contribution >= 0.6 is 11.3 Å². The minimum Gasteiger partial charge on any atom is -0.376 e. The van der Waals surface area contributed by atoms with E-state index in [0.29, 0.717) is 11.2 Å². The fourth-order valence-corrected chi connectivity index (χ4v) is 3.69. The van der Waals surface area contributed by atoms with Crippen LogP contribution in [0, 0.1) is 0 Å². The lowest BCUT2D eigenvalue weighted by atomic mass is 10.2. The van der Waals surface area contributed by atoms with Gasteiger partial charge in [-0.2, -0.15) is 0 Å². The summed E-state index contributed by atoms with van der Waals surface area (Å²) in [5.41, 5.74) is 0.764. The van der Waals surface area contributed by atoms with Crippen molar-refractivity contribution in [1.82, 2.24) is 14.5 Å². The van der Waals surface area contributed by atoms with E-state index >= 15 is 0 Å². The van der Waals surface area contributed by atoms with Crippen LogP contribution in [0.4, 0.5) is 0 Å². The van der Waals surface area contributed by atoms with E-state index in [9.17, 15) is 4.79 Å². The zero-order chi connectivity index (χ0) is 13.5. The third-order valence-electron chi connectivity index (χ3n) is 3.65. The van der Waals surface area contributed by atoms with Crippen molar-refractivity contribution in [3.8, 4) is 0 Å². The Morgan fingerprint density at radius 1 is 1.45 bits per heavy atom. The molecule has 1 unspecified atom stereocenters. The minimum absolute atomic E-state index is 0.00787. The molecule has 4 heterocycles. The Morgan fingerprint density at radius 3 is 3.25 bits per heavy atom. The van der Waals surface area contributed by atoms with Crippen molar-refractivity contribution in [3.63, 3.8) is 0 Å². The summed E-state index contributed by atoms with van der Waals surface area (Å²) in [6, 6.07) is 3.83. The van der Waals surface area contributed by atoms with E-state index in [1.807, 2.05) is 12.1 Å². The molecule has 5 nitrogen and oxygen atoms in total. The van der Waals surface area contributed by atoms with Gasteiger partial charge >= 0.3 is 0 Å². The Hall–Kier alpha value is -1.79. The third-order valence-corrected chi connectivity index (χ3v) is 4.74. The first kappa shape index (κ1) is 12.0. The first-order valence-electron chi connectivity index (χ1n) is 6.67. The summed E-state index contributed by atoms with van der Waals surface area (Å²) >= 11 is 1.41. The maximum atomic E-state index is 12.5. The van der Waals surface area contributed by atoms with Crippen LogP contribution in [0.3, 0.4) is 0 Å². The summed E-state index contributed by atoms with van der Waals surface area (Å²) in [5.74, 6) is 0. The highest BCUT2D eigenvalue weighted by molar-refractivity contribution is 7.25. The number of pyridine rings is 1. The Bertz CT molecular complexity index is 833. The molecule has 1 saturated heterocycles. The number of ether oxygens (including phenoxy) is 1. The molecular formula is C14H13N3O2S. The Morgan fingerprint density at radius 2 is 2.40 bits per heavy atom. The van der Waals surface area contributed by atoms with Gasteiger partial charge in [0, 0.05) is 18.2 Å². The molecule has 6 heteroatoms. The maximum Gasteiger partial charge on any atom is 0.271 e. The lowest BCUT2D eigenvalue weighted by Crippen LogP contribution is -2.26. The molecule has 1 aliphatic heterocycles. The van der Waals surface area contributed by atoms with Gasteiger partial charge in [-0.1, -0.05) is 0 Å². The van der Waals surface area contributed by atoms with Gasteiger partial charge in [-0.25, -0.2) is 9.97 Å². The highest BCUT2D eigenvalue weighted by Gasteiger charge is 2.18. The van der Waals surface area contributed by atoms with Crippen LogP contribution in [0.2, 0.25) is 0 Å². The number of hydrogen-bond donors (Lipinski definition) is 0. The van der Waals surface area contributed by atoms with Crippen LogP contribution in [-0.4, -0.2) is 27.2 Å². The van der Waals surface area contributed by atoms with Gasteiger partial charge in [-0.3, -0.25) is 9.36 Å². The minimum atomic E-state index is 0.00787. The predicted octanol–water partition coefficient (Wildman–Crippen LogP) is 2.19. The van der Waals surface area contributed by atoms with E-state index in [0.717, 1.165) is 35.2 Å². The molecular weight excluding hydrogens is 274 g/mol. The van der Waals surface area contributed by atoms with E-state index in [4.69, 9.17) is 4.74 Å². The van der Waals surface area contributed by atoms with Crippen molar-refractivity contribution >= 4 is 31.8 Å².